The highest BCUT2D eigenvalue weighted by molar-refractivity contribution is 6.33. The van der Waals surface area contributed by atoms with Gasteiger partial charge in [-0.05, 0) is 60.2 Å². The van der Waals surface area contributed by atoms with Crippen LogP contribution in [0.3, 0.4) is 0 Å². The summed E-state index contributed by atoms with van der Waals surface area (Å²) in [6, 6.07) is 20.3. The topological polar surface area (TPSA) is 61.4 Å². The molecule has 1 aliphatic heterocycles. The first kappa shape index (κ1) is 26.5. The molecule has 0 aliphatic carbocycles. The highest BCUT2D eigenvalue weighted by Crippen LogP contribution is 2.33. The van der Waals surface area contributed by atoms with Crippen molar-refractivity contribution in [3.8, 4) is 0 Å². The number of halogens is 4. The molecule has 0 unspecified atom stereocenters. The van der Waals surface area contributed by atoms with Gasteiger partial charge in [0.15, 0.2) is 0 Å². The zero-order valence-corrected chi connectivity index (χ0v) is 21.0. The number of hydrogen-bond donors (Lipinski definition) is 2. The van der Waals surface area contributed by atoms with Crippen LogP contribution in [0, 0.1) is 0 Å². The quantitative estimate of drug-likeness (QED) is 0.416. The molecule has 9 heteroatoms. The zero-order chi connectivity index (χ0) is 26.6. The molecule has 3 aromatic rings. The molecule has 2 amide bonds. The van der Waals surface area contributed by atoms with Gasteiger partial charge in [-0.3, -0.25) is 9.59 Å². The minimum Gasteiger partial charge on any atom is -0.380 e. The molecule has 5 nitrogen and oxygen atoms in total. The van der Waals surface area contributed by atoms with Crippen molar-refractivity contribution in [1.29, 1.82) is 0 Å². The Labute approximate surface area is 218 Å². The van der Waals surface area contributed by atoms with E-state index in [2.05, 4.69) is 10.6 Å². The van der Waals surface area contributed by atoms with Gasteiger partial charge in [0.2, 0.25) is 0 Å². The molecule has 0 bridgehead atoms. The molecule has 37 heavy (non-hydrogen) atoms. The first-order valence-electron chi connectivity index (χ1n) is 12.0. The highest BCUT2D eigenvalue weighted by Gasteiger charge is 2.42. The monoisotopic (exact) mass is 529 g/mol. The number of rotatable bonds is 6. The SMILES string of the molecule is C[C@@H](NC(=O)c1ccc(CNc2c(Cl)ccc3c2CCN(C(=O)C(F)(F)F)CC3)cc1)c1ccccc1. The van der Waals surface area contributed by atoms with E-state index in [9.17, 15) is 22.8 Å². The molecule has 4 rings (SSSR count). The van der Waals surface area contributed by atoms with Crippen molar-refractivity contribution in [2.45, 2.75) is 38.5 Å². The molecule has 0 aromatic heterocycles. The summed E-state index contributed by atoms with van der Waals surface area (Å²) >= 11 is 6.44. The summed E-state index contributed by atoms with van der Waals surface area (Å²) in [5.74, 6) is -1.99. The van der Waals surface area contributed by atoms with Crippen LogP contribution in [0.25, 0.3) is 0 Å². The number of anilines is 1. The molecule has 3 aromatic carbocycles. The largest absolute Gasteiger partial charge is 0.471 e. The van der Waals surface area contributed by atoms with Crippen LogP contribution in [0.5, 0.6) is 0 Å². The smallest absolute Gasteiger partial charge is 0.380 e. The average Bonchev–Trinajstić information content (AvgIpc) is 3.10. The highest BCUT2D eigenvalue weighted by atomic mass is 35.5. The fraction of sp³-hybridized carbons (Fsp3) is 0.286. The Morgan fingerprint density at radius 3 is 2.32 bits per heavy atom. The van der Waals surface area contributed by atoms with Crippen molar-refractivity contribution < 1.29 is 22.8 Å². The standard InChI is InChI=1S/C28H27ClF3N3O2/c1-18(20-5-3-2-4-6-20)34-26(36)22-9-7-19(8-10-22)17-33-25-23-14-16-35(27(37)28(30,31)32)15-13-21(23)11-12-24(25)29/h2-12,18,33H,13-17H2,1H3,(H,34,36)/t18-/m1/s1. The lowest BCUT2D eigenvalue weighted by Crippen LogP contribution is -2.42. The van der Waals surface area contributed by atoms with Crippen molar-refractivity contribution in [2.75, 3.05) is 18.4 Å². The van der Waals surface area contributed by atoms with Crippen molar-refractivity contribution in [2.24, 2.45) is 0 Å². The van der Waals surface area contributed by atoms with E-state index in [1.54, 1.807) is 24.3 Å². The fourth-order valence-corrected chi connectivity index (χ4v) is 4.68. The van der Waals surface area contributed by atoms with Crippen molar-refractivity contribution in [3.63, 3.8) is 0 Å². The van der Waals surface area contributed by atoms with Gasteiger partial charge in [-0.25, -0.2) is 0 Å². The number of nitrogens with zero attached hydrogens (tertiary/aromatic N) is 1. The second-order valence-electron chi connectivity index (χ2n) is 9.01. The fourth-order valence-electron chi connectivity index (χ4n) is 4.44. The van der Waals surface area contributed by atoms with Gasteiger partial charge in [0.1, 0.15) is 0 Å². The molecule has 194 valence electrons. The lowest BCUT2D eigenvalue weighted by Gasteiger charge is -2.21. The van der Waals surface area contributed by atoms with Crippen LogP contribution in [-0.4, -0.2) is 36.0 Å². The molecular formula is C28H27ClF3N3O2. The Hall–Kier alpha value is -3.52. The number of carbonyl (C=O) groups is 2. The average molecular weight is 530 g/mol. The van der Waals surface area contributed by atoms with Crippen LogP contribution in [0.15, 0.2) is 66.7 Å². The number of hydrogen-bond acceptors (Lipinski definition) is 3. The van der Waals surface area contributed by atoms with E-state index in [-0.39, 0.29) is 31.5 Å². The Balaban J connectivity index is 1.40. The number of alkyl halides is 3. The second-order valence-corrected chi connectivity index (χ2v) is 9.41. The summed E-state index contributed by atoms with van der Waals surface area (Å²) in [5.41, 5.74) is 4.79. The molecule has 2 N–H and O–H groups in total. The second kappa shape index (κ2) is 11.3. The third-order valence-electron chi connectivity index (χ3n) is 6.50. The Morgan fingerprint density at radius 2 is 1.65 bits per heavy atom. The molecular weight excluding hydrogens is 503 g/mol. The van der Waals surface area contributed by atoms with Gasteiger partial charge in [-0.15, -0.1) is 0 Å². The lowest BCUT2D eigenvalue weighted by molar-refractivity contribution is -0.185. The predicted molar refractivity (Wildman–Crippen MR) is 138 cm³/mol. The third kappa shape index (κ3) is 6.43. The van der Waals surface area contributed by atoms with E-state index >= 15 is 0 Å². The summed E-state index contributed by atoms with van der Waals surface area (Å²) in [7, 11) is 0. The number of fused-ring (bicyclic) bond motifs is 1. The summed E-state index contributed by atoms with van der Waals surface area (Å²) in [6.45, 7) is 2.30. The van der Waals surface area contributed by atoms with Crippen LogP contribution < -0.4 is 10.6 Å². The van der Waals surface area contributed by atoms with Crippen LogP contribution in [-0.2, 0) is 24.2 Å². The first-order chi connectivity index (χ1) is 17.6. The molecule has 0 radical (unpaired) electrons. The Kier molecular flexibility index (Phi) is 8.07. The Bertz CT molecular complexity index is 1260. The zero-order valence-electron chi connectivity index (χ0n) is 20.2. The van der Waals surface area contributed by atoms with Gasteiger partial charge < -0.3 is 15.5 Å². The van der Waals surface area contributed by atoms with E-state index in [1.165, 1.54) is 0 Å². The number of carbonyl (C=O) groups excluding carboxylic acids is 2. The molecule has 1 heterocycles. The van der Waals surface area contributed by atoms with Crippen molar-refractivity contribution >= 4 is 29.1 Å². The maximum Gasteiger partial charge on any atom is 0.471 e. The Morgan fingerprint density at radius 1 is 0.973 bits per heavy atom. The minimum atomic E-state index is -4.89. The molecule has 1 aliphatic rings. The van der Waals surface area contributed by atoms with E-state index < -0.39 is 12.1 Å². The van der Waals surface area contributed by atoms with Gasteiger partial charge in [0, 0.05) is 25.2 Å². The maximum atomic E-state index is 12.9. The van der Waals surface area contributed by atoms with Crippen LogP contribution >= 0.6 is 11.6 Å². The van der Waals surface area contributed by atoms with Crippen molar-refractivity contribution in [3.05, 3.63) is 99.6 Å². The van der Waals surface area contributed by atoms with E-state index in [0.29, 0.717) is 29.2 Å². The third-order valence-corrected chi connectivity index (χ3v) is 6.82. The summed E-state index contributed by atoms with van der Waals surface area (Å²) in [5, 5.41) is 6.75. The minimum absolute atomic E-state index is 0.00116. The van der Waals surface area contributed by atoms with Gasteiger partial charge in [-0.1, -0.05) is 60.1 Å². The lowest BCUT2D eigenvalue weighted by atomic mass is 10.0. The molecule has 1 atom stereocenters. The van der Waals surface area contributed by atoms with Gasteiger partial charge >= 0.3 is 12.1 Å². The number of benzene rings is 3. The van der Waals surface area contributed by atoms with Crippen LogP contribution in [0.1, 0.15) is 45.6 Å². The molecule has 0 fully saturated rings. The molecule has 0 saturated heterocycles. The number of nitrogens with one attached hydrogen (secondary N) is 2. The van der Waals surface area contributed by atoms with Crippen LogP contribution in [0.2, 0.25) is 5.02 Å². The van der Waals surface area contributed by atoms with E-state index in [4.69, 9.17) is 11.6 Å². The van der Waals surface area contributed by atoms with Crippen LogP contribution in [0.4, 0.5) is 18.9 Å². The van der Waals surface area contributed by atoms with Crippen molar-refractivity contribution in [1.82, 2.24) is 10.2 Å². The predicted octanol–water partition coefficient (Wildman–Crippen LogP) is 5.93. The number of amides is 2. The van der Waals surface area contributed by atoms with Gasteiger partial charge in [-0.2, -0.15) is 13.2 Å². The summed E-state index contributed by atoms with van der Waals surface area (Å²) in [6.07, 6.45) is -4.31. The molecule has 0 saturated carbocycles. The van der Waals surface area contributed by atoms with Gasteiger partial charge in [0.05, 0.1) is 16.8 Å². The maximum absolute atomic E-state index is 12.9. The van der Waals surface area contributed by atoms with E-state index in [1.807, 2.05) is 49.4 Å². The normalized spacial score (nSPS) is 14.4. The summed E-state index contributed by atoms with van der Waals surface area (Å²) in [4.78, 5) is 25.2. The molecule has 0 spiro atoms. The first-order valence-corrected chi connectivity index (χ1v) is 12.4. The van der Waals surface area contributed by atoms with E-state index in [0.717, 1.165) is 27.2 Å². The summed E-state index contributed by atoms with van der Waals surface area (Å²) < 4.78 is 38.7. The van der Waals surface area contributed by atoms with Gasteiger partial charge in [0.25, 0.3) is 5.91 Å².